The van der Waals surface area contributed by atoms with E-state index in [1.54, 1.807) is 0 Å². The van der Waals surface area contributed by atoms with Crippen LogP contribution in [0, 0.1) is 5.41 Å². The van der Waals surface area contributed by atoms with E-state index in [1.165, 1.54) is 5.57 Å². The number of carbonyl (C=O) groups is 1. The minimum absolute atomic E-state index is 0.167. The van der Waals surface area contributed by atoms with Gasteiger partial charge in [-0.3, -0.25) is 4.79 Å². The van der Waals surface area contributed by atoms with E-state index in [1.807, 2.05) is 18.7 Å². The van der Waals surface area contributed by atoms with Gasteiger partial charge in [0.05, 0.1) is 5.41 Å². The van der Waals surface area contributed by atoms with Crippen LogP contribution in [0.3, 0.4) is 0 Å². The largest absolute Gasteiger partial charge is 0.338 e. The Balaban J connectivity index is 2.67. The first-order chi connectivity index (χ1) is 6.47. The van der Waals surface area contributed by atoms with Crippen molar-refractivity contribution in [1.29, 1.82) is 0 Å². The third-order valence-corrected chi connectivity index (χ3v) is 3.20. The van der Waals surface area contributed by atoms with Crippen molar-refractivity contribution in [3.63, 3.8) is 0 Å². The predicted molar refractivity (Wildman–Crippen MR) is 59.5 cm³/mol. The van der Waals surface area contributed by atoms with Crippen LogP contribution in [0.1, 0.15) is 27.2 Å². The monoisotopic (exact) mass is 215 g/mol. The second-order valence-electron chi connectivity index (χ2n) is 4.58. The van der Waals surface area contributed by atoms with Gasteiger partial charge in [0.1, 0.15) is 0 Å². The first-order valence-electron chi connectivity index (χ1n) is 4.98. The molecule has 0 spiro atoms. The number of nitrogens with zero attached hydrogens (tertiary/aromatic N) is 1. The Bertz CT molecular complexity index is 258. The van der Waals surface area contributed by atoms with E-state index in [-0.39, 0.29) is 5.91 Å². The first kappa shape index (κ1) is 11.6. The lowest BCUT2D eigenvalue weighted by Crippen LogP contribution is -2.44. The van der Waals surface area contributed by atoms with Crippen LogP contribution in [-0.4, -0.2) is 29.8 Å². The molecule has 1 aliphatic rings. The van der Waals surface area contributed by atoms with E-state index in [2.05, 4.69) is 13.0 Å². The van der Waals surface area contributed by atoms with Crippen molar-refractivity contribution >= 4 is 17.5 Å². The lowest BCUT2D eigenvalue weighted by atomic mass is 9.93. The van der Waals surface area contributed by atoms with Gasteiger partial charge in [-0.25, -0.2) is 0 Å². The van der Waals surface area contributed by atoms with Gasteiger partial charge < -0.3 is 4.90 Å². The van der Waals surface area contributed by atoms with Gasteiger partial charge in [0.2, 0.25) is 5.91 Å². The SMILES string of the molecule is CC1=CCCN(C(=O)C(C)(C)CCl)C1. The van der Waals surface area contributed by atoms with Crippen LogP contribution in [0.4, 0.5) is 0 Å². The zero-order valence-electron chi connectivity index (χ0n) is 9.14. The predicted octanol–water partition coefficient (Wildman–Crippen LogP) is 2.43. The number of carbonyl (C=O) groups excluding carboxylic acids is 1. The van der Waals surface area contributed by atoms with E-state index < -0.39 is 5.41 Å². The highest BCUT2D eigenvalue weighted by molar-refractivity contribution is 6.19. The zero-order valence-corrected chi connectivity index (χ0v) is 9.90. The quantitative estimate of drug-likeness (QED) is 0.512. The molecule has 14 heavy (non-hydrogen) atoms. The molecule has 0 bridgehead atoms. The molecule has 2 nitrogen and oxygen atoms in total. The summed E-state index contributed by atoms with van der Waals surface area (Å²) in [6, 6.07) is 0. The summed E-state index contributed by atoms with van der Waals surface area (Å²) in [6.07, 6.45) is 3.16. The molecule has 0 saturated carbocycles. The first-order valence-corrected chi connectivity index (χ1v) is 5.52. The summed E-state index contributed by atoms with van der Waals surface area (Å²) in [5.74, 6) is 0.547. The summed E-state index contributed by atoms with van der Waals surface area (Å²) < 4.78 is 0. The van der Waals surface area contributed by atoms with Crippen LogP contribution in [0.15, 0.2) is 11.6 Å². The van der Waals surface area contributed by atoms with Crippen molar-refractivity contribution in [2.75, 3.05) is 19.0 Å². The van der Waals surface area contributed by atoms with Gasteiger partial charge in [0, 0.05) is 19.0 Å². The molecule has 1 rings (SSSR count). The van der Waals surface area contributed by atoms with Crippen molar-refractivity contribution in [1.82, 2.24) is 4.90 Å². The number of hydrogen-bond donors (Lipinski definition) is 0. The van der Waals surface area contributed by atoms with Crippen LogP contribution >= 0.6 is 11.6 Å². The molecule has 80 valence electrons. The Hall–Kier alpha value is -0.500. The fraction of sp³-hybridized carbons (Fsp3) is 0.727. The molecule has 3 heteroatoms. The standard InChI is InChI=1S/C11H18ClNO/c1-9-5-4-6-13(7-9)10(14)11(2,3)8-12/h5H,4,6-8H2,1-3H3. The van der Waals surface area contributed by atoms with Gasteiger partial charge in [-0.15, -0.1) is 11.6 Å². The number of amides is 1. The molecule has 0 aromatic heterocycles. The average Bonchev–Trinajstić information content (AvgIpc) is 2.16. The van der Waals surface area contributed by atoms with Crippen molar-refractivity contribution in [3.05, 3.63) is 11.6 Å². The molecule has 0 aliphatic carbocycles. The molecule has 0 atom stereocenters. The number of halogens is 1. The molecule has 0 unspecified atom stereocenters. The van der Waals surface area contributed by atoms with Crippen LogP contribution in [0.2, 0.25) is 0 Å². The fourth-order valence-electron chi connectivity index (χ4n) is 1.57. The van der Waals surface area contributed by atoms with Crippen molar-refractivity contribution in [2.45, 2.75) is 27.2 Å². The highest BCUT2D eigenvalue weighted by atomic mass is 35.5. The Morgan fingerprint density at radius 2 is 2.29 bits per heavy atom. The van der Waals surface area contributed by atoms with E-state index in [4.69, 9.17) is 11.6 Å². The minimum atomic E-state index is -0.431. The molecule has 0 aromatic carbocycles. The van der Waals surface area contributed by atoms with E-state index in [0.717, 1.165) is 19.5 Å². The highest BCUT2D eigenvalue weighted by Crippen LogP contribution is 2.22. The molecule has 0 radical (unpaired) electrons. The van der Waals surface area contributed by atoms with Crippen LogP contribution in [0.25, 0.3) is 0 Å². The van der Waals surface area contributed by atoms with E-state index in [9.17, 15) is 4.79 Å². The third-order valence-electron chi connectivity index (χ3n) is 2.53. The van der Waals surface area contributed by atoms with Gasteiger partial charge >= 0.3 is 0 Å². The van der Waals surface area contributed by atoms with E-state index in [0.29, 0.717) is 5.88 Å². The second-order valence-corrected chi connectivity index (χ2v) is 4.85. The summed E-state index contributed by atoms with van der Waals surface area (Å²) in [6.45, 7) is 7.45. The molecule has 0 N–H and O–H groups in total. The highest BCUT2D eigenvalue weighted by Gasteiger charge is 2.31. The summed E-state index contributed by atoms with van der Waals surface area (Å²) in [4.78, 5) is 13.9. The maximum Gasteiger partial charge on any atom is 0.229 e. The summed E-state index contributed by atoms with van der Waals surface area (Å²) in [5.41, 5.74) is 0.842. The topological polar surface area (TPSA) is 20.3 Å². The van der Waals surface area contributed by atoms with Gasteiger partial charge in [-0.1, -0.05) is 11.6 Å². The Labute approximate surface area is 90.9 Å². The molecular formula is C11H18ClNO. The van der Waals surface area contributed by atoms with Crippen LogP contribution in [-0.2, 0) is 4.79 Å². The molecule has 1 amide bonds. The second kappa shape index (κ2) is 4.35. The normalized spacial score (nSPS) is 18.0. The molecule has 1 aliphatic heterocycles. The maximum atomic E-state index is 12.0. The molecule has 0 aromatic rings. The van der Waals surface area contributed by atoms with Crippen molar-refractivity contribution < 1.29 is 4.79 Å². The third kappa shape index (κ3) is 2.50. The minimum Gasteiger partial charge on any atom is -0.338 e. The molecular weight excluding hydrogens is 198 g/mol. The number of alkyl halides is 1. The van der Waals surface area contributed by atoms with Crippen LogP contribution in [0.5, 0.6) is 0 Å². The summed E-state index contributed by atoms with van der Waals surface area (Å²) in [7, 11) is 0. The van der Waals surface area contributed by atoms with E-state index >= 15 is 0 Å². The smallest absolute Gasteiger partial charge is 0.229 e. The maximum absolute atomic E-state index is 12.0. The van der Waals surface area contributed by atoms with Crippen molar-refractivity contribution in [3.8, 4) is 0 Å². The average molecular weight is 216 g/mol. The van der Waals surface area contributed by atoms with Crippen LogP contribution < -0.4 is 0 Å². The Kier molecular flexibility index (Phi) is 3.59. The summed E-state index contributed by atoms with van der Waals surface area (Å²) in [5, 5.41) is 0. The van der Waals surface area contributed by atoms with Gasteiger partial charge in [0.15, 0.2) is 0 Å². The lowest BCUT2D eigenvalue weighted by Gasteiger charge is -2.32. The zero-order chi connectivity index (χ0) is 10.8. The molecule has 0 saturated heterocycles. The van der Waals surface area contributed by atoms with Crippen molar-refractivity contribution in [2.24, 2.45) is 5.41 Å². The number of hydrogen-bond acceptors (Lipinski definition) is 1. The van der Waals surface area contributed by atoms with Gasteiger partial charge in [0.25, 0.3) is 0 Å². The van der Waals surface area contributed by atoms with Gasteiger partial charge in [-0.2, -0.15) is 0 Å². The summed E-state index contributed by atoms with van der Waals surface area (Å²) >= 11 is 5.78. The fourth-order valence-corrected chi connectivity index (χ4v) is 1.68. The molecule has 1 heterocycles. The van der Waals surface area contributed by atoms with Gasteiger partial charge in [-0.05, 0) is 27.2 Å². The molecule has 0 fully saturated rings. The number of rotatable bonds is 2. The Morgan fingerprint density at radius 3 is 2.79 bits per heavy atom. The lowest BCUT2D eigenvalue weighted by molar-refractivity contribution is -0.139. The Morgan fingerprint density at radius 1 is 1.64 bits per heavy atom.